The lowest BCUT2D eigenvalue weighted by molar-refractivity contribution is -0.142. The Bertz CT molecular complexity index is 1260. The number of aromatic nitrogens is 1. The van der Waals surface area contributed by atoms with Crippen molar-refractivity contribution in [3.63, 3.8) is 0 Å². The molecule has 188 valence electrons. The van der Waals surface area contributed by atoms with E-state index in [4.69, 9.17) is 18.7 Å². The number of esters is 2. The van der Waals surface area contributed by atoms with Crippen LogP contribution in [-0.4, -0.2) is 43.8 Å². The summed E-state index contributed by atoms with van der Waals surface area (Å²) in [4.78, 5) is 36.0. The van der Waals surface area contributed by atoms with Crippen LogP contribution >= 0.6 is 0 Å². The lowest BCUT2D eigenvalue weighted by atomic mass is 10.2. The summed E-state index contributed by atoms with van der Waals surface area (Å²) in [5.74, 6) is -0.243. The number of anilines is 1. The third-order valence-electron chi connectivity index (χ3n) is 5.10. The van der Waals surface area contributed by atoms with Gasteiger partial charge in [-0.25, -0.2) is 9.59 Å². The molecule has 0 aliphatic carbocycles. The van der Waals surface area contributed by atoms with E-state index in [1.165, 1.54) is 32.4 Å². The topological polar surface area (TPSA) is 126 Å². The summed E-state index contributed by atoms with van der Waals surface area (Å²) in [5, 5.41) is 6.43. The standard InChI is InChI=1S/C26H26N2O8/c1-16-20(17(2)36-28-16)14-34-22-11-9-18(13-23(22)32-3)10-12-25(30)35-15-24(29)27-21-8-6-5-7-19(21)26(31)33-4/h5-13H,14-15H2,1-4H3,(H,27,29)/b12-10+. The molecular weight excluding hydrogens is 468 g/mol. The highest BCUT2D eigenvalue weighted by molar-refractivity contribution is 6.02. The zero-order valence-corrected chi connectivity index (χ0v) is 20.3. The number of ether oxygens (including phenoxy) is 4. The molecule has 0 aliphatic heterocycles. The highest BCUT2D eigenvalue weighted by atomic mass is 16.5. The van der Waals surface area contributed by atoms with E-state index >= 15 is 0 Å². The molecule has 0 bridgehead atoms. The number of aryl methyl sites for hydroxylation is 2. The summed E-state index contributed by atoms with van der Waals surface area (Å²) >= 11 is 0. The molecule has 0 fully saturated rings. The average molecular weight is 495 g/mol. The molecule has 1 amide bonds. The normalized spacial score (nSPS) is 10.7. The molecule has 10 heteroatoms. The predicted molar refractivity (Wildman–Crippen MR) is 130 cm³/mol. The average Bonchev–Trinajstić information content (AvgIpc) is 3.21. The van der Waals surface area contributed by atoms with E-state index in [-0.39, 0.29) is 17.9 Å². The van der Waals surface area contributed by atoms with Crippen molar-refractivity contribution in [3.8, 4) is 11.5 Å². The van der Waals surface area contributed by atoms with Gasteiger partial charge in [0.05, 0.1) is 36.7 Å². The van der Waals surface area contributed by atoms with Crippen LogP contribution in [0.25, 0.3) is 6.08 Å². The molecular formula is C26H26N2O8. The molecule has 1 aromatic heterocycles. The fourth-order valence-electron chi connectivity index (χ4n) is 3.18. The van der Waals surface area contributed by atoms with Crippen LogP contribution in [0.3, 0.4) is 0 Å². The van der Waals surface area contributed by atoms with E-state index in [2.05, 4.69) is 15.2 Å². The van der Waals surface area contributed by atoms with Gasteiger partial charge in [0.1, 0.15) is 12.4 Å². The molecule has 36 heavy (non-hydrogen) atoms. The van der Waals surface area contributed by atoms with Gasteiger partial charge in [-0.1, -0.05) is 23.4 Å². The van der Waals surface area contributed by atoms with E-state index in [0.29, 0.717) is 22.8 Å². The Morgan fingerprint density at radius 2 is 1.83 bits per heavy atom. The van der Waals surface area contributed by atoms with Gasteiger partial charge in [0, 0.05) is 6.08 Å². The van der Waals surface area contributed by atoms with Crippen molar-refractivity contribution in [1.82, 2.24) is 5.16 Å². The SMILES string of the molecule is COC(=O)c1ccccc1NC(=O)COC(=O)/C=C/c1ccc(OCc2c(C)noc2C)c(OC)c1. The van der Waals surface area contributed by atoms with Gasteiger partial charge in [-0.2, -0.15) is 0 Å². The van der Waals surface area contributed by atoms with Crippen molar-refractivity contribution >= 4 is 29.6 Å². The van der Waals surface area contributed by atoms with Crippen molar-refractivity contribution in [2.45, 2.75) is 20.5 Å². The van der Waals surface area contributed by atoms with Crippen molar-refractivity contribution in [3.05, 3.63) is 76.7 Å². The number of hydrogen-bond donors (Lipinski definition) is 1. The third-order valence-corrected chi connectivity index (χ3v) is 5.10. The number of hydrogen-bond acceptors (Lipinski definition) is 9. The molecule has 0 radical (unpaired) electrons. The highest BCUT2D eigenvalue weighted by Crippen LogP contribution is 2.30. The largest absolute Gasteiger partial charge is 0.493 e. The quantitative estimate of drug-likeness (QED) is 0.330. The molecule has 2 aromatic carbocycles. The van der Waals surface area contributed by atoms with Crippen LogP contribution in [0.5, 0.6) is 11.5 Å². The van der Waals surface area contributed by atoms with Gasteiger partial charge in [0.25, 0.3) is 5.91 Å². The number of nitrogens with zero attached hydrogens (tertiary/aromatic N) is 1. The first kappa shape index (κ1) is 26.0. The molecule has 0 spiro atoms. The van der Waals surface area contributed by atoms with Gasteiger partial charge in [0.15, 0.2) is 18.1 Å². The summed E-state index contributed by atoms with van der Waals surface area (Å²) in [5.41, 5.74) is 2.72. The molecule has 3 aromatic rings. The minimum atomic E-state index is -0.718. The lowest BCUT2D eigenvalue weighted by Gasteiger charge is -2.11. The Kier molecular flexibility index (Phi) is 8.82. The first-order valence-corrected chi connectivity index (χ1v) is 10.9. The van der Waals surface area contributed by atoms with Crippen LogP contribution in [0.15, 0.2) is 53.1 Å². The number of amides is 1. The van der Waals surface area contributed by atoms with Crippen LogP contribution in [0, 0.1) is 13.8 Å². The van der Waals surface area contributed by atoms with Crippen LogP contribution in [0.4, 0.5) is 5.69 Å². The zero-order chi connectivity index (χ0) is 26.1. The minimum absolute atomic E-state index is 0.188. The zero-order valence-electron chi connectivity index (χ0n) is 20.3. The molecule has 0 aliphatic rings. The molecule has 0 saturated carbocycles. The number of carbonyl (C=O) groups excluding carboxylic acids is 3. The maximum atomic E-state index is 12.2. The highest BCUT2D eigenvalue weighted by Gasteiger charge is 2.14. The minimum Gasteiger partial charge on any atom is -0.493 e. The van der Waals surface area contributed by atoms with Crippen LogP contribution in [0.2, 0.25) is 0 Å². The molecule has 10 nitrogen and oxygen atoms in total. The maximum absolute atomic E-state index is 12.2. The molecule has 1 N–H and O–H groups in total. The number of methoxy groups -OCH3 is 2. The van der Waals surface area contributed by atoms with E-state index in [1.807, 2.05) is 13.8 Å². The van der Waals surface area contributed by atoms with Gasteiger partial charge in [0.2, 0.25) is 0 Å². The second kappa shape index (κ2) is 12.2. The maximum Gasteiger partial charge on any atom is 0.339 e. The van der Waals surface area contributed by atoms with Crippen molar-refractivity contribution in [2.24, 2.45) is 0 Å². The first-order chi connectivity index (χ1) is 17.3. The smallest absolute Gasteiger partial charge is 0.339 e. The molecule has 0 atom stereocenters. The monoisotopic (exact) mass is 494 g/mol. The van der Waals surface area contributed by atoms with Crippen molar-refractivity contribution < 1.29 is 37.9 Å². The third kappa shape index (κ3) is 6.72. The summed E-state index contributed by atoms with van der Waals surface area (Å²) in [7, 11) is 2.75. The summed E-state index contributed by atoms with van der Waals surface area (Å²) < 4.78 is 26.0. The van der Waals surface area contributed by atoms with Gasteiger partial charge >= 0.3 is 11.9 Å². The summed E-state index contributed by atoms with van der Waals surface area (Å²) in [6.07, 6.45) is 2.71. The van der Waals surface area contributed by atoms with Gasteiger partial charge in [-0.3, -0.25) is 4.79 Å². The van der Waals surface area contributed by atoms with Gasteiger partial charge in [-0.05, 0) is 49.8 Å². The second-order valence-corrected chi connectivity index (χ2v) is 7.53. The van der Waals surface area contributed by atoms with E-state index < -0.39 is 24.5 Å². The molecule has 3 rings (SSSR count). The van der Waals surface area contributed by atoms with Crippen molar-refractivity contribution in [2.75, 3.05) is 26.1 Å². The van der Waals surface area contributed by atoms with E-state index in [1.54, 1.807) is 36.4 Å². The lowest BCUT2D eigenvalue weighted by Crippen LogP contribution is -2.21. The van der Waals surface area contributed by atoms with Crippen LogP contribution in [0.1, 0.15) is 32.9 Å². The number of benzene rings is 2. The Morgan fingerprint density at radius 1 is 1.06 bits per heavy atom. The van der Waals surface area contributed by atoms with Crippen molar-refractivity contribution in [1.29, 1.82) is 0 Å². The number of rotatable bonds is 10. The van der Waals surface area contributed by atoms with Crippen LogP contribution in [-0.2, 0) is 25.7 Å². The Labute approximate surface area is 207 Å². The van der Waals surface area contributed by atoms with Gasteiger partial charge < -0.3 is 28.8 Å². The molecule has 0 unspecified atom stereocenters. The molecule has 1 heterocycles. The Morgan fingerprint density at radius 3 is 2.53 bits per heavy atom. The second-order valence-electron chi connectivity index (χ2n) is 7.53. The van der Waals surface area contributed by atoms with E-state index in [0.717, 1.165) is 11.3 Å². The Hall–Kier alpha value is -4.60. The predicted octanol–water partition coefficient (Wildman–Crippen LogP) is 3.86. The van der Waals surface area contributed by atoms with Gasteiger partial charge in [-0.15, -0.1) is 0 Å². The molecule has 0 saturated heterocycles. The number of carbonyl (C=O) groups is 3. The summed E-state index contributed by atoms with van der Waals surface area (Å²) in [6.45, 7) is 3.39. The Balaban J connectivity index is 1.55. The fraction of sp³-hybridized carbons (Fsp3) is 0.231. The number of para-hydroxylation sites is 1. The number of nitrogens with one attached hydrogen (secondary N) is 1. The summed E-state index contributed by atoms with van der Waals surface area (Å²) in [6, 6.07) is 11.5. The van der Waals surface area contributed by atoms with E-state index in [9.17, 15) is 14.4 Å². The first-order valence-electron chi connectivity index (χ1n) is 10.9. The fourth-order valence-corrected chi connectivity index (χ4v) is 3.18. The van der Waals surface area contributed by atoms with Crippen LogP contribution < -0.4 is 14.8 Å².